The van der Waals surface area contributed by atoms with Gasteiger partial charge in [0.25, 0.3) is 0 Å². The van der Waals surface area contributed by atoms with Gasteiger partial charge >= 0.3 is 5.97 Å². The number of hydrogen-bond donors (Lipinski definition) is 2. The number of nitrogens with one attached hydrogen (secondary N) is 1. The molecular weight excluding hydrogens is 290 g/mol. The number of carboxylic acid groups (broad SMARTS) is 1. The molecule has 0 radical (unpaired) electrons. The summed E-state index contributed by atoms with van der Waals surface area (Å²) in [7, 11) is 0. The Morgan fingerprint density at radius 3 is 2.57 bits per heavy atom. The highest BCUT2D eigenvalue weighted by atomic mass is 16.5. The van der Waals surface area contributed by atoms with Gasteiger partial charge in [0.1, 0.15) is 5.75 Å². The Kier molecular flexibility index (Phi) is 7.95. The van der Waals surface area contributed by atoms with Crippen LogP contribution in [-0.4, -0.2) is 30.8 Å². The Morgan fingerprint density at radius 2 is 1.87 bits per heavy atom. The van der Waals surface area contributed by atoms with Crippen molar-refractivity contribution in [3.05, 3.63) is 29.8 Å². The van der Waals surface area contributed by atoms with Crippen molar-refractivity contribution in [1.82, 2.24) is 5.32 Å². The van der Waals surface area contributed by atoms with Crippen LogP contribution in [0.3, 0.4) is 0 Å². The van der Waals surface area contributed by atoms with Crippen LogP contribution >= 0.6 is 0 Å². The second kappa shape index (κ2) is 10.3. The molecule has 0 spiro atoms. The van der Waals surface area contributed by atoms with Crippen molar-refractivity contribution in [3.63, 3.8) is 0 Å². The van der Waals surface area contributed by atoms with Gasteiger partial charge in [0.2, 0.25) is 0 Å². The van der Waals surface area contributed by atoms with Gasteiger partial charge in [0.15, 0.2) is 0 Å². The van der Waals surface area contributed by atoms with Gasteiger partial charge in [-0.25, -0.2) is 0 Å². The highest BCUT2D eigenvalue weighted by Crippen LogP contribution is 2.26. The molecule has 0 aliphatic heterocycles. The van der Waals surface area contributed by atoms with Crippen molar-refractivity contribution in [2.45, 2.75) is 51.4 Å². The van der Waals surface area contributed by atoms with E-state index in [9.17, 15) is 4.79 Å². The summed E-state index contributed by atoms with van der Waals surface area (Å²) in [6, 6.07) is 8.25. The predicted molar refractivity (Wildman–Crippen MR) is 92.0 cm³/mol. The zero-order valence-corrected chi connectivity index (χ0v) is 13.9. The first-order valence-corrected chi connectivity index (χ1v) is 8.88. The summed E-state index contributed by atoms with van der Waals surface area (Å²) in [6.45, 7) is 2.15. The Labute approximate surface area is 139 Å². The average molecular weight is 319 g/mol. The van der Waals surface area contributed by atoms with Crippen LogP contribution in [0.4, 0.5) is 0 Å². The van der Waals surface area contributed by atoms with E-state index in [4.69, 9.17) is 9.84 Å². The summed E-state index contributed by atoms with van der Waals surface area (Å²) in [5.74, 6) is 1.05. The minimum absolute atomic E-state index is 0.174. The van der Waals surface area contributed by atoms with Crippen LogP contribution in [-0.2, 0) is 11.2 Å². The van der Waals surface area contributed by atoms with Gasteiger partial charge in [0, 0.05) is 6.54 Å². The van der Waals surface area contributed by atoms with Crippen molar-refractivity contribution >= 4 is 5.97 Å². The van der Waals surface area contributed by atoms with Crippen molar-refractivity contribution in [2.75, 3.05) is 19.7 Å². The van der Waals surface area contributed by atoms with Crippen molar-refractivity contribution in [1.29, 1.82) is 0 Å². The Morgan fingerprint density at radius 1 is 1.13 bits per heavy atom. The standard InChI is InChI=1S/C19H29NO3/c21-19(22)11-14-20-13-10-17-6-8-18(9-7-17)23-15-12-16-4-2-1-3-5-16/h6-9,16,20H,1-5,10-15H2,(H,21,22). The zero-order chi connectivity index (χ0) is 16.3. The maximum atomic E-state index is 10.4. The van der Waals surface area contributed by atoms with E-state index in [2.05, 4.69) is 17.4 Å². The molecule has 128 valence electrons. The van der Waals surface area contributed by atoms with Gasteiger partial charge in [-0.1, -0.05) is 44.2 Å². The highest BCUT2D eigenvalue weighted by Gasteiger charge is 2.13. The molecule has 1 saturated carbocycles. The fourth-order valence-corrected chi connectivity index (χ4v) is 3.12. The highest BCUT2D eigenvalue weighted by molar-refractivity contribution is 5.66. The number of carbonyl (C=O) groups is 1. The maximum Gasteiger partial charge on any atom is 0.304 e. The van der Waals surface area contributed by atoms with E-state index in [0.29, 0.717) is 6.54 Å². The first kappa shape index (κ1) is 17.8. The molecule has 1 fully saturated rings. The van der Waals surface area contributed by atoms with Gasteiger partial charge in [-0.3, -0.25) is 4.79 Å². The second-order valence-corrected chi connectivity index (χ2v) is 6.43. The Balaban J connectivity index is 1.59. The summed E-state index contributed by atoms with van der Waals surface area (Å²) >= 11 is 0. The van der Waals surface area contributed by atoms with E-state index < -0.39 is 5.97 Å². The molecule has 0 heterocycles. The van der Waals surface area contributed by atoms with Gasteiger partial charge in [-0.2, -0.15) is 0 Å². The van der Waals surface area contributed by atoms with E-state index in [-0.39, 0.29) is 6.42 Å². The molecule has 2 rings (SSSR count). The molecular formula is C19H29NO3. The SMILES string of the molecule is O=C(O)CCNCCc1ccc(OCCC2CCCCC2)cc1. The maximum absolute atomic E-state index is 10.4. The lowest BCUT2D eigenvalue weighted by Gasteiger charge is -2.21. The molecule has 0 saturated heterocycles. The molecule has 1 aromatic carbocycles. The van der Waals surface area contributed by atoms with Crippen LogP contribution in [0.2, 0.25) is 0 Å². The van der Waals surface area contributed by atoms with E-state index >= 15 is 0 Å². The molecule has 1 aromatic rings. The Hall–Kier alpha value is -1.55. The largest absolute Gasteiger partial charge is 0.494 e. The van der Waals surface area contributed by atoms with Crippen LogP contribution in [0, 0.1) is 5.92 Å². The van der Waals surface area contributed by atoms with Gasteiger partial charge in [0.05, 0.1) is 13.0 Å². The third-order valence-electron chi connectivity index (χ3n) is 4.55. The molecule has 0 bridgehead atoms. The molecule has 4 nitrogen and oxygen atoms in total. The minimum atomic E-state index is -0.757. The molecule has 1 aliphatic rings. The third kappa shape index (κ3) is 7.51. The summed E-state index contributed by atoms with van der Waals surface area (Å²) in [4.78, 5) is 10.4. The Bertz CT molecular complexity index is 452. The van der Waals surface area contributed by atoms with E-state index in [1.54, 1.807) is 0 Å². The molecule has 0 atom stereocenters. The van der Waals surface area contributed by atoms with Gasteiger partial charge < -0.3 is 15.2 Å². The van der Waals surface area contributed by atoms with Crippen LogP contribution in [0.25, 0.3) is 0 Å². The smallest absolute Gasteiger partial charge is 0.304 e. The zero-order valence-electron chi connectivity index (χ0n) is 13.9. The predicted octanol–water partition coefficient (Wildman–Crippen LogP) is 3.64. The summed E-state index contributed by atoms with van der Waals surface area (Å²) < 4.78 is 5.85. The van der Waals surface area contributed by atoms with Crippen LogP contribution < -0.4 is 10.1 Å². The van der Waals surface area contributed by atoms with E-state index in [0.717, 1.165) is 31.2 Å². The minimum Gasteiger partial charge on any atom is -0.494 e. The van der Waals surface area contributed by atoms with Crippen molar-refractivity contribution in [2.24, 2.45) is 5.92 Å². The van der Waals surface area contributed by atoms with Crippen molar-refractivity contribution in [3.8, 4) is 5.75 Å². The van der Waals surface area contributed by atoms with Gasteiger partial charge in [-0.15, -0.1) is 0 Å². The summed E-state index contributed by atoms with van der Waals surface area (Å²) in [5, 5.41) is 11.7. The fourth-order valence-electron chi connectivity index (χ4n) is 3.12. The normalized spacial score (nSPS) is 15.5. The molecule has 23 heavy (non-hydrogen) atoms. The second-order valence-electron chi connectivity index (χ2n) is 6.43. The van der Waals surface area contributed by atoms with E-state index in [1.165, 1.54) is 44.1 Å². The molecule has 0 amide bonds. The number of ether oxygens (including phenoxy) is 1. The molecule has 1 aliphatic carbocycles. The molecule has 4 heteroatoms. The number of hydrogen-bond acceptors (Lipinski definition) is 3. The molecule has 0 unspecified atom stereocenters. The third-order valence-corrected chi connectivity index (χ3v) is 4.55. The first-order valence-electron chi connectivity index (χ1n) is 8.88. The lowest BCUT2D eigenvalue weighted by atomic mass is 9.87. The monoisotopic (exact) mass is 319 g/mol. The molecule has 0 aromatic heterocycles. The number of carboxylic acids is 1. The lowest BCUT2D eigenvalue weighted by Crippen LogP contribution is -2.20. The summed E-state index contributed by atoms with van der Waals surface area (Å²) in [6.07, 6.45) is 9.18. The van der Waals surface area contributed by atoms with Crippen molar-refractivity contribution < 1.29 is 14.6 Å². The number of benzene rings is 1. The number of aliphatic carboxylic acids is 1. The van der Waals surface area contributed by atoms with Crippen LogP contribution in [0.5, 0.6) is 5.75 Å². The first-order chi connectivity index (χ1) is 11.2. The van der Waals surface area contributed by atoms with Crippen LogP contribution in [0.15, 0.2) is 24.3 Å². The lowest BCUT2D eigenvalue weighted by molar-refractivity contribution is -0.136. The average Bonchev–Trinajstić information content (AvgIpc) is 2.57. The van der Waals surface area contributed by atoms with Crippen LogP contribution in [0.1, 0.15) is 50.5 Å². The topological polar surface area (TPSA) is 58.6 Å². The molecule has 2 N–H and O–H groups in total. The number of rotatable bonds is 10. The van der Waals surface area contributed by atoms with E-state index in [1.807, 2.05) is 12.1 Å². The van der Waals surface area contributed by atoms with Gasteiger partial charge in [-0.05, 0) is 43.0 Å². The summed E-state index contributed by atoms with van der Waals surface area (Å²) in [5.41, 5.74) is 1.24. The quantitative estimate of drug-likeness (QED) is 0.646. The fraction of sp³-hybridized carbons (Fsp3) is 0.632.